The molecule has 1 aromatic heterocycles. The number of aliphatic hydroxyl groups is 1. The van der Waals surface area contributed by atoms with Crippen molar-refractivity contribution >= 4 is 11.6 Å². The molecule has 1 amide bonds. The predicted octanol–water partition coefficient (Wildman–Crippen LogP) is 5.21. The van der Waals surface area contributed by atoms with Crippen LogP contribution in [0.15, 0.2) is 29.6 Å². The van der Waals surface area contributed by atoms with Gasteiger partial charge in [-0.25, -0.2) is 5.43 Å². The van der Waals surface area contributed by atoms with Crippen LogP contribution >= 0.6 is 0 Å². The van der Waals surface area contributed by atoms with Gasteiger partial charge in [0.05, 0.1) is 6.10 Å². The Balaban J connectivity index is 1.31. The van der Waals surface area contributed by atoms with Gasteiger partial charge in [-0.05, 0) is 111 Å². The molecule has 0 radical (unpaired) electrons. The molecule has 4 fully saturated rings. The van der Waals surface area contributed by atoms with Crippen molar-refractivity contribution in [3.63, 3.8) is 0 Å². The van der Waals surface area contributed by atoms with Crippen LogP contribution in [0.4, 0.5) is 0 Å². The van der Waals surface area contributed by atoms with Crippen LogP contribution in [0.2, 0.25) is 0 Å². The maximum atomic E-state index is 12.4. The van der Waals surface area contributed by atoms with Crippen LogP contribution in [0.5, 0.6) is 0 Å². The predicted molar refractivity (Wildman–Crippen MR) is 126 cm³/mol. The van der Waals surface area contributed by atoms with Gasteiger partial charge in [0.2, 0.25) is 0 Å². The number of hydrogen-bond donors (Lipinski definition) is 2. The molecule has 32 heavy (non-hydrogen) atoms. The Morgan fingerprint density at radius 1 is 1.03 bits per heavy atom. The van der Waals surface area contributed by atoms with Gasteiger partial charge in [-0.3, -0.25) is 9.78 Å². The zero-order valence-electron chi connectivity index (χ0n) is 19.9. The van der Waals surface area contributed by atoms with Gasteiger partial charge >= 0.3 is 0 Å². The van der Waals surface area contributed by atoms with Gasteiger partial charge in [-0.1, -0.05) is 13.8 Å². The molecule has 5 rings (SSSR count). The van der Waals surface area contributed by atoms with Gasteiger partial charge in [0, 0.05) is 29.6 Å². The van der Waals surface area contributed by atoms with Crippen LogP contribution in [-0.2, 0) is 0 Å². The molecule has 0 unspecified atom stereocenters. The number of amides is 1. The Morgan fingerprint density at radius 3 is 2.53 bits per heavy atom. The van der Waals surface area contributed by atoms with E-state index in [-0.39, 0.29) is 17.4 Å². The van der Waals surface area contributed by atoms with Gasteiger partial charge in [0.1, 0.15) is 0 Å². The van der Waals surface area contributed by atoms with E-state index in [9.17, 15) is 9.90 Å². The average molecular weight is 438 g/mol. The van der Waals surface area contributed by atoms with Gasteiger partial charge in [-0.2, -0.15) is 5.10 Å². The minimum atomic E-state index is -0.166. The highest BCUT2D eigenvalue weighted by molar-refractivity contribution is 5.95. The number of hydrogen-bond acceptors (Lipinski definition) is 4. The van der Waals surface area contributed by atoms with Crippen LogP contribution in [0.3, 0.4) is 0 Å². The number of hydrazone groups is 1. The normalized spacial score (nSPS) is 43.7. The topological polar surface area (TPSA) is 74.6 Å². The first-order valence-corrected chi connectivity index (χ1v) is 12.8. The highest BCUT2D eigenvalue weighted by atomic mass is 16.3. The summed E-state index contributed by atoms with van der Waals surface area (Å²) < 4.78 is 0. The first-order valence-electron chi connectivity index (χ1n) is 12.8. The Labute approximate surface area is 192 Å². The number of rotatable bonds is 3. The van der Waals surface area contributed by atoms with Crippen molar-refractivity contribution in [3.05, 3.63) is 30.1 Å². The summed E-state index contributed by atoms with van der Waals surface area (Å²) in [6.07, 6.45) is 14.1. The number of carbonyl (C=O) groups is 1. The summed E-state index contributed by atoms with van der Waals surface area (Å²) in [6.45, 7) is 7.17. The van der Waals surface area contributed by atoms with E-state index < -0.39 is 0 Å². The Bertz CT molecular complexity index is 886. The molecule has 5 heteroatoms. The Kier molecular flexibility index (Phi) is 5.68. The number of aromatic nitrogens is 1. The van der Waals surface area contributed by atoms with Crippen molar-refractivity contribution in [2.45, 2.75) is 84.7 Å². The van der Waals surface area contributed by atoms with E-state index in [0.717, 1.165) is 36.3 Å². The standard InChI is InChI=1S/C27H39N3O2/c1-17(29-30-25(32)18-10-14-28-15-11-18)22-6-7-23-21-5-4-19-16-20(31)8-12-26(19,2)24(21)9-13-27(22,23)3/h10-11,14-15,19-24,31H,4-9,12-13,16H2,1-3H3,(H,30,32)/b29-17+/t19-,20-,21-,22+,23-,24-,26-,27+/m0/s1. The van der Waals surface area contributed by atoms with Crippen molar-refractivity contribution in [2.75, 3.05) is 0 Å². The highest BCUT2D eigenvalue weighted by Gasteiger charge is 2.60. The SMILES string of the molecule is C/C(=N\NC(=O)c1ccncc1)[C@H]1CC[C@H]2[C@@H]3CC[C@H]4C[C@@H](O)CC[C@]4(C)[C@H]3CC[C@]12C. The van der Waals surface area contributed by atoms with Crippen LogP contribution in [0.25, 0.3) is 0 Å². The van der Waals surface area contributed by atoms with E-state index in [4.69, 9.17) is 0 Å². The number of fused-ring (bicyclic) bond motifs is 5. The summed E-state index contributed by atoms with van der Waals surface area (Å²) in [6, 6.07) is 3.44. The monoisotopic (exact) mass is 437 g/mol. The lowest BCUT2D eigenvalue weighted by molar-refractivity contribution is -0.123. The second kappa shape index (κ2) is 8.23. The molecule has 4 aliphatic carbocycles. The largest absolute Gasteiger partial charge is 0.393 e. The second-order valence-corrected chi connectivity index (χ2v) is 11.7. The molecule has 0 aromatic carbocycles. The maximum absolute atomic E-state index is 12.4. The Morgan fingerprint density at radius 2 is 1.75 bits per heavy atom. The molecule has 174 valence electrons. The van der Waals surface area contributed by atoms with Gasteiger partial charge in [0.25, 0.3) is 5.91 Å². The molecule has 8 atom stereocenters. The van der Waals surface area contributed by atoms with Gasteiger partial charge in [0.15, 0.2) is 0 Å². The van der Waals surface area contributed by atoms with Gasteiger partial charge < -0.3 is 5.11 Å². The number of carbonyl (C=O) groups excluding carboxylic acids is 1. The lowest BCUT2D eigenvalue weighted by Gasteiger charge is -2.61. The first-order chi connectivity index (χ1) is 15.3. The van der Waals surface area contributed by atoms with E-state index >= 15 is 0 Å². The maximum Gasteiger partial charge on any atom is 0.271 e. The third-order valence-electron chi connectivity index (χ3n) is 10.4. The molecule has 0 bridgehead atoms. The van der Waals surface area contributed by atoms with E-state index in [0.29, 0.717) is 22.8 Å². The summed E-state index contributed by atoms with van der Waals surface area (Å²) in [7, 11) is 0. The number of aliphatic hydroxyl groups excluding tert-OH is 1. The van der Waals surface area contributed by atoms with E-state index in [2.05, 4.69) is 36.3 Å². The summed E-state index contributed by atoms with van der Waals surface area (Å²) >= 11 is 0. The molecule has 0 aliphatic heterocycles. The third-order valence-corrected chi connectivity index (χ3v) is 10.4. The fourth-order valence-corrected chi connectivity index (χ4v) is 8.71. The lowest BCUT2D eigenvalue weighted by atomic mass is 9.44. The van der Waals surface area contributed by atoms with E-state index in [1.54, 1.807) is 24.5 Å². The fraction of sp³-hybridized carbons (Fsp3) is 0.741. The van der Waals surface area contributed by atoms with E-state index in [1.165, 1.54) is 44.9 Å². The molecule has 4 saturated carbocycles. The zero-order chi connectivity index (χ0) is 22.5. The molecule has 2 N–H and O–H groups in total. The summed E-state index contributed by atoms with van der Waals surface area (Å²) in [5, 5.41) is 14.8. The minimum Gasteiger partial charge on any atom is -0.393 e. The van der Waals surface area contributed by atoms with Crippen molar-refractivity contribution in [1.82, 2.24) is 10.4 Å². The van der Waals surface area contributed by atoms with Crippen LogP contribution < -0.4 is 5.43 Å². The van der Waals surface area contributed by atoms with Crippen LogP contribution in [0, 0.1) is 40.4 Å². The second-order valence-electron chi connectivity index (χ2n) is 11.7. The molecule has 1 aromatic rings. The van der Waals surface area contributed by atoms with Crippen LogP contribution in [-0.4, -0.2) is 27.8 Å². The molecule has 0 spiro atoms. The lowest BCUT2D eigenvalue weighted by Crippen LogP contribution is -2.54. The van der Waals surface area contributed by atoms with Crippen molar-refractivity contribution in [1.29, 1.82) is 0 Å². The van der Waals surface area contributed by atoms with Gasteiger partial charge in [-0.15, -0.1) is 0 Å². The fourth-order valence-electron chi connectivity index (χ4n) is 8.71. The summed E-state index contributed by atoms with van der Waals surface area (Å²) in [5.41, 5.74) is 5.17. The number of nitrogens with one attached hydrogen (secondary N) is 1. The van der Waals surface area contributed by atoms with Crippen molar-refractivity contribution in [2.24, 2.45) is 45.5 Å². The molecule has 4 aliphatic rings. The van der Waals surface area contributed by atoms with Crippen molar-refractivity contribution in [3.8, 4) is 0 Å². The Hall–Kier alpha value is -1.75. The molecular weight excluding hydrogens is 398 g/mol. The number of nitrogens with zero attached hydrogens (tertiary/aromatic N) is 2. The quantitative estimate of drug-likeness (QED) is 0.504. The van der Waals surface area contributed by atoms with Crippen molar-refractivity contribution < 1.29 is 9.90 Å². The molecule has 5 nitrogen and oxygen atoms in total. The van der Waals surface area contributed by atoms with E-state index in [1.807, 2.05) is 0 Å². The molecule has 0 saturated heterocycles. The zero-order valence-corrected chi connectivity index (χ0v) is 19.9. The third kappa shape index (κ3) is 3.52. The highest BCUT2D eigenvalue weighted by Crippen LogP contribution is 2.67. The molecular formula is C27H39N3O2. The average Bonchev–Trinajstić information content (AvgIpc) is 3.15. The molecule has 1 heterocycles. The smallest absolute Gasteiger partial charge is 0.271 e. The first kappa shape index (κ1) is 22.1. The van der Waals surface area contributed by atoms with Crippen LogP contribution in [0.1, 0.15) is 88.9 Å². The summed E-state index contributed by atoms with van der Waals surface area (Å²) in [4.78, 5) is 16.4. The minimum absolute atomic E-state index is 0.0736. The number of pyridine rings is 1. The summed E-state index contributed by atoms with van der Waals surface area (Å²) in [5.74, 6) is 3.38.